The lowest BCUT2D eigenvalue weighted by Gasteiger charge is -2.16. The average Bonchev–Trinajstić information content (AvgIpc) is 2.08. The molecule has 0 fully saturated rings. The molecule has 1 aromatic rings. The van der Waals surface area contributed by atoms with Gasteiger partial charge in [0.15, 0.2) is 0 Å². The number of aliphatic hydroxyl groups excluding tert-OH is 1. The van der Waals surface area contributed by atoms with Crippen molar-refractivity contribution in [1.82, 2.24) is 0 Å². The lowest BCUT2D eigenvalue weighted by Crippen LogP contribution is -2.23. The molecule has 1 rings (SSSR count). The largest absolute Gasteiger partial charge is 0.391 e. The average molecular weight is 204 g/mol. The third kappa shape index (κ3) is 2.40. The fourth-order valence-electron chi connectivity index (χ4n) is 1.03. The Labute approximate surface area is 81.1 Å². The molecule has 0 radical (unpaired) electrons. The summed E-state index contributed by atoms with van der Waals surface area (Å²) >= 11 is 5.78. The first kappa shape index (κ1) is 10.4. The van der Waals surface area contributed by atoms with Crippen molar-refractivity contribution in [3.63, 3.8) is 0 Å². The van der Waals surface area contributed by atoms with Crippen molar-refractivity contribution in [2.75, 3.05) is 0 Å². The van der Waals surface area contributed by atoms with E-state index in [1.807, 2.05) is 0 Å². The van der Waals surface area contributed by atoms with Crippen molar-refractivity contribution in [1.29, 1.82) is 0 Å². The molecule has 0 aliphatic carbocycles. The number of nitrogens with two attached hydrogens (primary N) is 1. The van der Waals surface area contributed by atoms with E-state index in [2.05, 4.69) is 0 Å². The van der Waals surface area contributed by atoms with Gasteiger partial charge in [0.25, 0.3) is 0 Å². The summed E-state index contributed by atoms with van der Waals surface area (Å²) in [6.07, 6.45) is -0.751. The summed E-state index contributed by atoms with van der Waals surface area (Å²) in [5, 5.41) is 9.55. The van der Waals surface area contributed by atoms with Gasteiger partial charge in [-0.05, 0) is 30.7 Å². The van der Waals surface area contributed by atoms with E-state index < -0.39 is 18.0 Å². The van der Waals surface area contributed by atoms with Gasteiger partial charge in [-0.1, -0.05) is 11.6 Å². The highest BCUT2D eigenvalue weighted by Gasteiger charge is 2.15. The number of aliphatic hydroxyl groups is 1. The molecular weight excluding hydrogens is 193 g/mol. The summed E-state index contributed by atoms with van der Waals surface area (Å²) in [4.78, 5) is 0. The zero-order valence-electron chi connectivity index (χ0n) is 7.17. The summed E-state index contributed by atoms with van der Waals surface area (Å²) in [5.74, 6) is -0.407. The molecule has 0 bridgehead atoms. The fraction of sp³-hybridized carbons (Fsp3) is 0.333. The lowest BCUT2D eigenvalue weighted by molar-refractivity contribution is 0.164. The van der Waals surface area contributed by atoms with E-state index in [0.717, 1.165) is 0 Å². The van der Waals surface area contributed by atoms with E-state index in [-0.39, 0.29) is 0 Å². The third-order valence-corrected chi connectivity index (χ3v) is 2.18. The van der Waals surface area contributed by atoms with Crippen LogP contribution in [-0.2, 0) is 0 Å². The molecule has 1 aromatic carbocycles. The topological polar surface area (TPSA) is 46.2 Å². The van der Waals surface area contributed by atoms with Crippen molar-refractivity contribution in [2.45, 2.75) is 19.1 Å². The molecule has 0 heterocycles. The highest BCUT2D eigenvalue weighted by atomic mass is 35.5. The number of hydrogen-bond donors (Lipinski definition) is 2. The zero-order valence-corrected chi connectivity index (χ0v) is 7.92. The van der Waals surface area contributed by atoms with Gasteiger partial charge in [0, 0.05) is 5.02 Å². The van der Waals surface area contributed by atoms with Crippen LogP contribution in [0.15, 0.2) is 18.2 Å². The minimum Gasteiger partial charge on any atom is -0.391 e. The summed E-state index contributed by atoms with van der Waals surface area (Å²) in [6.45, 7) is 1.53. The van der Waals surface area contributed by atoms with Gasteiger partial charge in [0.2, 0.25) is 0 Å². The van der Waals surface area contributed by atoms with E-state index in [4.69, 9.17) is 17.3 Å². The molecule has 0 saturated heterocycles. The van der Waals surface area contributed by atoms with Crippen molar-refractivity contribution >= 4 is 11.6 Å². The van der Waals surface area contributed by atoms with Crippen LogP contribution in [0.2, 0.25) is 5.02 Å². The Balaban J connectivity index is 3.05. The van der Waals surface area contributed by atoms with Gasteiger partial charge in [0.1, 0.15) is 5.82 Å². The highest BCUT2D eigenvalue weighted by Crippen LogP contribution is 2.24. The first-order valence-corrected chi connectivity index (χ1v) is 4.28. The Hall–Kier alpha value is -0.640. The molecule has 0 aromatic heterocycles. The van der Waals surface area contributed by atoms with E-state index in [1.165, 1.54) is 25.1 Å². The molecule has 2 nitrogen and oxygen atoms in total. The van der Waals surface area contributed by atoms with Crippen molar-refractivity contribution in [2.24, 2.45) is 5.73 Å². The second kappa shape index (κ2) is 4.05. The maximum absolute atomic E-state index is 12.8. The van der Waals surface area contributed by atoms with E-state index in [9.17, 15) is 9.50 Å². The molecule has 0 aliphatic rings. The summed E-state index contributed by atoms with van der Waals surface area (Å²) in [7, 11) is 0. The van der Waals surface area contributed by atoms with Crippen LogP contribution in [0.4, 0.5) is 4.39 Å². The molecule has 72 valence electrons. The van der Waals surface area contributed by atoms with Crippen LogP contribution in [-0.4, -0.2) is 11.2 Å². The van der Waals surface area contributed by atoms with Crippen LogP contribution in [0.3, 0.4) is 0 Å². The van der Waals surface area contributed by atoms with Crippen LogP contribution in [0.5, 0.6) is 0 Å². The predicted octanol–water partition coefficient (Wildman–Crippen LogP) is 1.86. The van der Waals surface area contributed by atoms with E-state index in [1.54, 1.807) is 0 Å². The zero-order chi connectivity index (χ0) is 10.0. The van der Waals surface area contributed by atoms with Gasteiger partial charge in [-0.2, -0.15) is 0 Å². The van der Waals surface area contributed by atoms with Crippen molar-refractivity contribution < 1.29 is 9.50 Å². The molecule has 3 N–H and O–H groups in total. The summed E-state index contributed by atoms with van der Waals surface area (Å²) in [5.41, 5.74) is 6.03. The summed E-state index contributed by atoms with van der Waals surface area (Å²) < 4.78 is 12.8. The monoisotopic (exact) mass is 203 g/mol. The lowest BCUT2D eigenvalue weighted by atomic mass is 10.0. The minimum atomic E-state index is -0.751. The van der Waals surface area contributed by atoms with Gasteiger partial charge in [0.05, 0.1) is 12.1 Å². The van der Waals surface area contributed by atoms with Crippen LogP contribution in [0.1, 0.15) is 18.5 Å². The quantitative estimate of drug-likeness (QED) is 0.771. The van der Waals surface area contributed by atoms with Crippen LogP contribution < -0.4 is 5.73 Å². The second-order valence-corrected chi connectivity index (χ2v) is 3.34. The smallest absolute Gasteiger partial charge is 0.123 e. The van der Waals surface area contributed by atoms with E-state index in [0.29, 0.717) is 10.6 Å². The Morgan fingerprint density at radius 3 is 2.69 bits per heavy atom. The van der Waals surface area contributed by atoms with Crippen LogP contribution in [0, 0.1) is 5.82 Å². The van der Waals surface area contributed by atoms with Gasteiger partial charge < -0.3 is 10.8 Å². The molecule has 0 unspecified atom stereocenters. The van der Waals surface area contributed by atoms with Gasteiger partial charge in [-0.15, -0.1) is 0 Å². The molecule has 0 spiro atoms. The number of halogens is 2. The maximum atomic E-state index is 12.8. The Kier molecular flexibility index (Phi) is 3.25. The van der Waals surface area contributed by atoms with Gasteiger partial charge >= 0.3 is 0 Å². The Morgan fingerprint density at radius 1 is 1.54 bits per heavy atom. The van der Waals surface area contributed by atoms with Gasteiger partial charge in [-0.25, -0.2) is 4.39 Å². The molecule has 0 saturated carbocycles. The molecule has 0 amide bonds. The number of rotatable bonds is 2. The Bertz CT molecular complexity index is 304. The summed E-state index contributed by atoms with van der Waals surface area (Å²) in [6, 6.07) is 3.26. The normalized spacial score (nSPS) is 15.5. The Morgan fingerprint density at radius 2 is 2.15 bits per heavy atom. The SMILES string of the molecule is C[C@H](O)[C@H](N)c1cc(F)ccc1Cl. The maximum Gasteiger partial charge on any atom is 0.123 e. The van der Waals surface area contributed by atoms with E-state index >= 15 is 0 Å². The molecular formula is C9H11ClFNO. The third-order valence-electron chi connectivity index (χ3n) is 1.84. The molecule has 2 atom stereocenters. The van der Waals surface area contributed by atoms with Crippen molar-refractivity contribution in [3.8, 4) is 0 Å². The van der Waals surface area contributed by atoms with Crippen LogP contribution >= 0.6 is 11.6 Å². The molecule has 13 heavy (non-hydrogen) atoms. The molecule has 0 aliphatic heterocycles. The predicted molar refractivity (Wildman–Crippen MR) is 50.0 cm³/mol. The standard InChI is InChI=1S/C9H11ClFNO/c1-5(13)9(12)7-4-6(11)2-3-8(7)10/h2-5,9,13H,12H2,1H3/t5-,9-/m0/s1. The molecule has 4 heteroatoms. The first-order chi connectivity index (χ1) is 6.02. The van der Waals surface area contributed by atoms with Gasteiger partial charge in [-0.3, -0.25) is 0 Å². The first-order valence-electron chi connectivity index (χ1n) is 3.91. The second-order valence-electron chi connectivity index (χ2n) is 2.93. The number of benzene rings is 1. The van der Waals surface area contributed by atoms with Crippen molar-refractivity contribution in [3.05, 3.63) is 34.6 Å². The minimum absolute atomic E-state index is 0.370. The highest BCUT2D eigenvalue weighted by molar-refractivity contribution is 6.31. The number of hydrogen-bond acceptors (Lipinski definition) is 2. The van der Waals surface area contributed by atoms with Crippen LogP contribution in [0.25, 0.3) is 0 Å². The fourth-order valence-corrected chi connectivity index (χ4v) is 1.27.